The molecular formula is C29H33N3O6. The van der Waals surface area contributed by atoms with Crippen LogP contribution in [0.1, 0.15) is 49.8 Å². The molecule has 38 heavy (non-hydrogen) atoms. The fourth-order valence-electron chi connectivity index (χ4n) is 5.30. The molecule has 2 fully saturated rings. The van der Waals surface area contributed by atoms with Crippen molar-refractivity contribution in [3.05, 3.63) is 68.4 Å². The summed E-state index contributed by atoms with van der Waals surface area (Å²) in [7, 11) is 3.08. The Morgan fingerprint density at radius 2 is 1.68 bits per heavy atom. The maximum Gasteiger partial charge on any atom is 0.332 e. The molecule has 1 atom stereocenters. The number of likely N-dealkylation sites (tertiary alicyclic amines) is 1. The number of nitrogens with zero attached hydrogens (tertiary/aromatic N) is 3. The highest BCUT2D eigenvalue weighted by Gasteiger charge is 2.37. The largest absolute Gasteiger partial charge is 0.493 e. The van der Waals surface area contributed by atoms with Crippen molar-refractivity contribution < 1.29 is 19.1 Å². The Labute approximate surface area is 220 Å². The van der Waals surface area contributed by atoms with E-state index >= 15 is 0 Å². The molecule has 200 valence electrons. The van der Waals surface area contributed by atoms with E-state index in [0.29, 0.717) is 54.8 Å². The maximum atomic E-state index is 13.9. The van der Waals surface area contributed by atoms with Gasteiger partial charge in [-0.3, -0.25) is 18.7 Å². The highest BCUT2D eigenvalue weighted by atomic mass is 16.5. The Balaban J connectivity index is 1.60. The summed E-state index contributed by atoms with van der Waals surface area (Å²) in [4.78, 5) is 53.8. The highest BCUT2D eigenvalue weighted by molar-refractivity contribution is 5.82. The fraction of sp³-hybridized carbons (Fsp3) is 0.448. The van der Waals surface area contributed by atoms with Gasteiger partial charge in [-0.2, -0.15) is 0 Å². The first kappa shape index (κ1) is 25.8. The van der Waals surface area contributed by atoms with Gasteiger partial charge in [0.1, 0.15) is 5.78 Å². The average molecular weight is 520 g/mol. The molecule has 2 heterocycles. The number of Topliss-reactive ketones (excluding diaryl/α,β-unsaturated/α-hetero) is 1. The van der Waals surface area contributed by atoms with Gasteiger partial charge < -0.3 is 19.2 Å². The molecule has 1 aliphatic heterocycles. The normalized spacial score (nSPS) is 17.1. The van der Waals surface area contributed by atoms with Crippen molar-refractivity contribution in [3.8, 4) is 11.5 Å². The third-order valence-corrected chi connectivity index (χ3v) is 7.55. The van der Waals surface area contributed by atoms with Crippen molar-refractivity contribution in [2.75, 3.05) is 27.3 Å². The first-order valence-corrected chi connectivity index (χ1v) is 13.1. The summed E-state index contributed by atoms with van der Waals surface area (Å²) in [5.74, 6) is 1.42. The van der Waals surface area contributed by atoms with Gasteiger partial charge in [0.2, 0.25) is 5.91 Å². The minimum atomic E-state index is -0.403. The van der Waals surface area contributed by atoms with Crippen molar-refractivity contribution in [2.24, 2.45) is 5.92 Å². The van der Waals surface area contributed by atoms with Crippen molar-refractivity contribution in [1.29, 1.82) is 0 Å². The molecule has 1 saturated heterocycles. The quantitative estimate of drug-likeness (QED) is 0.431. The van der Waals surface area contributed by atoms with Gasteiger partial charge in [0, 0.05) is 25.4 Å². The molecule has 1 amide bonds. The van der Waals surface area contributed by atoms with E-state index in [1.165, 1.54) is 11.7 Å². The Morgan fingerprint density at radius 1 is 0.947 bits per heavy atom. The zero-order valence-electron chi connectivity index (χ0n) is 22.1. The third-order valence-electron chi connectivity index (χ3n) is 7.55. The molecule has 2 aromatic carbocycles. The van der Waals surface area contributed by atoms with Crippen LogP contribution in [0.25, 0.3) is 10.9 Å². The third kappa shape index (κ3) is 4.97. The smallest absolute Gasteiger partial charge is 0.332 e. The number of rotatable bonds is 9. The van der Waals surface area contributed by atoms with Gasteiger partial charge in [0.25, 0.3) is 5.56 Å². The molecule has 9 nitrogen and oxygen atoms in total. The SMILES string of the molecule is COc1ccc(Cn2c(=O)c3cc(CCC(C)=O)ccc3n(C3CCN(C(=O)C4CC4)C3)c2=O)cc1OC. The van der Waals surface area contributed by atoms with Crippen LogP contribution in [0.2, 0.25) is 0 Å². The predicted octanol–water partition coefficient (Wildman–Crippen LogP) is 2.93. The summed E-state index contributed by atoms with van der Waals surface area (Å²) in [6.07, 6.45) is 3.41. The first-order valence-electron chi connectivity index (χ1n) is 13.1. The molecule has 1 saturated carbocycles. The molecule has 5 rings (SSSR count). The molecule has 1 aromatic heterocycles. The van der Waals surface area contributed by atoms with Gasteiger partial charge in [-0.15, -0.1) is 0 Å². The van der Waals surface area contributed by atoms with Crippen LogP contribution in [0.15, 0.2) is 46.0 Å². The molecule has 3 aromatic rings. The van der Waals surface area contributed by atoms with E-state index in [1.807, 2.05) is 11.0 Å². The van der Waals surface area contributed by atoms with E-state index in [-0.39, 0.29) is 35.8 Å². The Morgan fingerprint density at radius 3 is 2.37 bits per heavy atom. The van der Waals surface area contributed by atoms with Crippen LogP contribution in [-0.4, -0.2) is 53.0 Å². The molecule has 0 spiro atoms. The molecule has 1 aliphatic carbocycles. The van der Waals surface area contributed by atoms with Crippen molar-refractivity contribution in [3.63, 3.8) is 0 Å². The molecule has 0 N–H and O–H groups in total. The number of benzene rings is 2. The molecular weight excluding hydrogens is 486 g/mol. The molecule has 0 bridgehead atoms. The lowest BCUT2D eigenvalue weighted by Crippen LogP contribution is -2.42. The molecule has 2 aliphatic rings. The zero-order valence-corrected chi connectivity index (χ0v) is 22.1. The van der Waals surface area contributed by atoms with E-state index in [1.54, 1.807) is 48.9 Å². The number of aryl methyl sites for hydroxylation is 1. The number of amides is 1. The molecule has 1 unspecified atom stereocenters. The van der Waals surface area contributed by atoms with Gasteiger partial charge in [-0.1, -0.05) is 12.1 Å². The Bertz CT molecular complexity index is 1520. The summed E-state index contributed by atoms with van der Waals surface area (Å²) in [6, 6.07) is 10.6. The van der Waals surface area contributed by atoms with Gasteiger partial charge >= 0.3 is 5.69 Å². The van der Waals surface area contributed by atoms with E-state index < -0.39 is 5.69 Å². The minimum Gasteiger partial charge on any atom is -0.493 e. The zero-order chi connectivity index (χ0) is 27.0. The standard InChI is InChI=1S/C29H33N3O6/c1-18(33)4-5-19-6-10-24-23(14-19)28(35)31(16-20-7-11-25(37-2)26(15-20)38-3)29(36)32(24)22-12-13-30(17-22)27(34)21-8-9-21/h6-7,10-11,14-15,21-22H,4-5,8-9,12-13,16-17H2,1-3H3. The van der Waals surface area contributed by atoms with Crippen molar-refractivity contribution in [1.82, 2.24) is 14.0 Å². The van der Waals surface area contributed by atoms with Crippen LogP contribution in [-0.2, 0) is 22.6 Å². The maximum absolute atomic E-state index is 13.9. The van der Waals surface area contributed by atoms with Crippen molar-refractivity contribution >= 4 is 22.6 Å². The summed E-state index contributed by atoms with van der Waals surface area (Å²) >= 11 is 0. The molecule has 0 radical (unpaired) electrons. The van der Waals surface area contributed by atoms with Gasteiger partial charge in [-0.25, -0.2) is 4.79 Å². The van der Waals surface area contributed by atoms with E-state index in [0.717, 1.165) is 24.0 Å². The summed E-state index contributed by atoms with van der Waals surface area (Å²) in [6.45, 7) is 2.65. The summed E-state index contributed by atoms with van der Waals surface area (Å²) in [5.41, 5.74) is 1.35. The number of methoxy groups -OCH3 is 2. The number of fused-ring (bicyclic) bond motifs is 1. The van der Waals surface area contributed by atoms with E-state index in [4.69, 9.17) is 9.47 Å². The van der Waals surface area contributed by atoms with Crippen LogP contribution < -0.4 is 20.7 Å². The van der Waals surface area contributed by atoms with E-state index in [9.17, 15) is 19.2 Å². The van der Waals surface area contributed by atoms with Crippen LogP contribution in [0, 0.1) is 5.92 Å². The second-order valence-electron chi connectivity index (χ2n) is 10.3. The van der Waals surface area contributed by atoms with Crippen LogP contribution >= 0.6 is 0 Å². The number of carbonyl (C=O) groups is 2. The lowest BCUT2D eigenvalue weighted by atomic mass is 10.1. The second-order valence-corrected chi connectivity index (χ2v) is 10.3. The monoisotopic (exact) mass is 519 g/mol. The van der Waals surface area contributed by atoms with Gasteiger partial charge in [0.05, 0.1) is 37.7 Å². The predicted molar refractivity (Wildman–Crippen MR) is 143 cm³/mol. The Hall–Kier alpha value is -3.88. The number of ether oxygens (including phenoxy) is 2. The number of hydrogen-bond acceptors (Lipinski definition) is 6. The first-order chi connectivity index (χ1) is 18.3. The number of aromatic nitrogens is 2. The molecule has 9 heteroatoms. The van der Waals surface area contributed by atoms with Crippen LogP contribution in [0.4, 0.5) is 0 Å². The fourth-order valence-corrected chi connectivity index (χ4v) is 5.30. The highest BCUT2D eigenvalue weighted by Crippen LogP contribution is 2.34. The topological polar surface area (TPSA) is 99.8 Å². The van der Waals surface area contributed by atoms with Gasteiger partial charge in [0.15, 0.2) is 11.5 Å². The second kappa shape index (κ2) is 10.5. The number of carbonyl (C=O) groups excluding carboxylic acids is 2. The lowest BCUT2D eigenvalue weighted by molar-refractivity contribution is -0.131. The lowest BCUT2D eigenvalue weighted by Gasteiger charge is -2.21. The van der Waals surface area contributed by atoms with E-state index in [2.05, 4.69) is 0 Å². The van der Waals surface area contributed by atoms with Gasteiger partial charge in [-0.05, 0) is 68.0 Å². The summed E-state index contributed by atoms with van der Waals surface area (Å²) in [5, 5.41) is 0.429. The average Bonchev–Trinajstić information content (AvgIpc) is 3.66. The minimum absolute atomic E-state index is 0.0586. The number of hydrogen-bond donors (Lipinski definition) is 0. The number of ketones is 1. The van der Waals surface area contributed by atoms with Crippen LogP contribution in [0.5, 0.6) is 11.5 Å². The summed E-state index contributed by atoms with van der Waals surface area (Å²) < 4.78 is 13.7. The van der Waals surface area contributed by atoms with Crippen LogP contribution in [0.3, 0.4) is 0 Å². The van der Waals surface area contributed by atoms with Crippen molar-refractivity contribution in [2.45, 2.75) is 51.6 Å². The Kier molecular flexibility index (Phi) is 7.10.